The first-order chi connectivity index (χ1) is 11.3. The Bertz CT molecular complexity index is 1020. The summed E-state index contributed by atoms with van der Waals surface area (Å²) in [5, 5.41) is 0.912. The molecule has 0 atom stereocenters. The summed E-state index contributed by atoms with van der Waals surface area (Å²) in [5.41, 5.74) is 2.76. The summed E-state index contributed by atoms with van der Waals surface area (Å²) in [5.74, 6) is 0. The molecule has 0 aliphatic rings. The lowest BCUT2D eigenvalue weighted by atomic mass is 10.1. The Balaban J connectivity index is 2.12. The van der Waals surface area contributed by atoms with Gasteiger partial charge in [0.1, 0.15) is 5.65 Å². The predicted octanol–water partition coefficient (Wildman–Crippen LogP) is 3.45. The van der Waals surface area contributed by atoms with Crippen molar-refractivity contribution >= 4 is 11.0 Å². The summed E-state index contributed by atoms with van der Waals surface area (Å²) in [6, 6.07) is 19.0. The lowest BCUT2D eigenvalue weighted by molar-refractivity contribution is 1.02. The highest BCUT2D eigenvalue weighted by Crippen LogP contribution is 2.21. The van der Waals surface area contributed by atoms with E-state index in [2.05, 4.69) is 9.97 Å². The molecule has 0 unspecified atom stereocenters. The lowest BCUT2D eigenvalue weighted by Gasteiger charge is -2.12. The molecule has 0 aliphatic carbocycles. The maximum Gasteiger partial charge on any atom is 0.264 e. The van der Waals surface area contributed by atoms with E-state index in [1.807, 2.05) is 60.7 Å². The molecule has 0 bridgehead atoms. The van der Waals surface area contributed by atoms with Gasteiger partial charge in [0, 0.05) is 35.1 Å². The smallest absolute Gasteiger partial charge is 0.264 e. The molecule has 0 radical (unpaired) electrons. The van der Waals surface area contributed by atoms with E-state index in [0.717, 1.165) is 16.6 Å². The number of rotatable bonds is 2. The third kappa shape index (κ3) is 2.30. The zero-order chi connectivity index (χ0) is 15.6. The Labute approximate surface area is 132 Å². The monoisotopic (exact) mass is 299 g/mol. The van der Waals surface area contributed by atoms with Crippen LogP contribution in [0.4, 0.5) is 0 Å². The standard InChI is InChI=1S/C19H13N3O/c23-19-17(15-7-4-10-20-13-15)12-14-6-5-11-21-18(14)22(19)16-8-2-1-3-9-16/h1-13H. The van der Waals surface area contributed by atoms with Crippen LogP contribution in [0.5, 0.6) is 0 Å². The van der Waals surface area contributed by atoms with Gasteiger partial charge in [-0.3, -0.25) is 14.3 Å². The van der Waals surface area contributed by atoms with Gasteiger partial charge in [-0.2, -0.15) is 0 Å². The average molecular weight is 299 g/mol. The number of pyridine rings is 3. The molecule has 3 heterocycles. The fourth-order valence-electron chi connectivity index (χ4n) is 2.69. The second-order valence-corrected chi connectivity index (χ2v) is 5.19. The van der Waals surface area contributed by atoms with Gasteiger partial charge in [0.25, 0.3) is 5.56 Å². The van der Waals surface area contributed by atoms with E-state index in [4.69, 9.17) is 0 Å². The quantitative estimate of drug-likeness (QED) is 0.569. The average Bonchev–Trinajstić information content (AvgIpc) is 2.63. The Morgan fingerprint density at radius 2 is 1.70 bits per heavy atom. The minimum absolute atomic E-state index is 0.101. The maximum absolute atomic E-state index is 13.1. The molecule has 4 rings (SSSR count). The summed E-state index contributed by atoms with van der Waals surface area (Å²) >= 11 is 0. The fourth-order valence-corrected chi connectivity index (χ4v) is 2.69. The van der Waals surface area contributed by atoms with E-state index in [0.29, 0.717) is 11.2 Å². The van der Waals surface area contributed by atoms with Crippen LogP contribution in [-0.2, 0) is 0 Å². The van der Waals surface area contributed by atoms with Crippen molar-refractivity contribution in [2.45, 2.75) is 0 Å². The molecule has 4 heteroatoms. The molecular weight excluding hydrogens is 286 g/mol. The summed E-state index contributed by atoms with van der Waals surface area (Å²) in [6.07, 6.45) is 5.10. The van der Waals surface area contributed by atoms with E-state index in [-0.39, 0.29) is 5.56 Å². The van der Waals surface area contributed by atoms with Gasteiger partial charge in [0.15, 0.2) is 0 Å². The molecule has 4 nitrogen and oxygen atoms in total. The molecule has 1 aromatic carbocycles. The summed E-state index contributed by atoms with van der Waals surface area (Å²) in [4.78, 5) is 21.6. The maximum atomic E-state index is 13.1. The van der Waals surface area contributed by atoms with Gasteiger partial charge in [-0.15, -0.1) is 0 Å². The number of aromatic nitrogens is 3. The van der Waals surface area contributed by atoms with Crippen molar-refractivity contribution in [1.82, 2.24) is 14.5 Å². The van der Waals surface area contributed by atoms with Crippen molar-refractivity contribution < 1.29 is 0 Å². The summed E-state index contributed by atoms with van der Waals surface area (Å²) in [6.45, 7) is 0. The number of benzene rings is 1. The molecular formula is C19H13N3O. The fraction of sp³-hybridized carbons (Fsp3) is 0. The zero-order valence-electron chi connectivity index (χ0n) is 12.3. The third-order valence-electron chi connectivity index (χ3n) is 3.75. The molecule has 110 valence electrons. The third-order valence-corrected chi connectivity index (χ3v) is 3.75. The van der Waals surface area contributed by atoms with Crippen LogP contribution in [0.25, 0.3) is 27.8 Å². The normalized spacial score (nSPS) is 10.8. The first kappa shape index (κ1) is 13.4. The van der Waals surface area contributed by atoms with Crippen LogP contribution in [0.2, 0.25) is 0 Å². The molecule has 0 aliphatic heterocycles. The number of nitrogens with zero attached hydrogens (tertiary/aromatic N) is 3. The highest BCUT2D eigenvalue weighted by molar-refractivity contribution is 5.82. The molecule has 0 N–H and O–H groups in total. The number of hydrogen-bond acceptors (Lipinski definition) is 3. The van der Waals surface area contributed by atoms with E-state index < -0.39 is 0 Å². The molecule has 0 fully saturated rings. The lowest BCUT2D eigenvalue weighted by Crippen LogP contribution is -2.21. The zero-order valence-corrected chi connectivity index (χ0v) is 12.3. The predicted molar refractivity (Wildman–Crippen MR) is 90.6 cm³/mol. The van der Waals surface area contributed by atoms with Crippen LogP contribution in [0.3, 0.4) is 0 Å². The van der Waals surface area contributed by atoms with Gasteiger partial charge < -0.3 is 0 Å². The summed E-state index contributed by atoms with van der Waals surface area (Å²) in [7, 11) is 0. The molecule has 23 heavy (non-hydrogen) atoms. The molecule has 3 aromatic heterocycles. The number of fused-ring (bicyclic) bond motifs is 1. The van der Waals surface area contributed by atoms with Crippen LogP contribution in [0.15, 0.2) is 84.0 Å². The number of hydrogen-bond donors (Lipinski definition) is 0. The van der Waals surface area contributed by atoms with Gasteiger partial charge in [-0.25, -0.2) is 4.98 Å². The molecule has 0 amide bonds. The highest BCUT2D eigenvalue weighted by Gasteiger charge is 2.13. The molecule has 0 spiro atoms. The molecule has 4 aromatic rings. The van der Waals surface area contributed by atoms with Gasteiger partial charge in [0.2, 0.25) is 0 Å². The summed E-state index contributed by atoms with van der Waals surface area (Å²) < 4.78 is 1.65. The second-order valence-electron chi connectivity index (χ2n) is 5.19. The first-order valence-electron chi connectivity index (χ1n) is 7.31. The Hall–Kier alpha value is -3.27. The van der Waals surface area contributed by atoms with Crippen LogP contribution in [-0.4, -0.2) is 14.5 Å². The highest BCUT2D eigenvalue weighted by atomic mass is 16.1. The van der Waals surface area contributed by atoms with Crippen molar-refractivity contribution in [3.63, 3.8) is 0 Å². The van der Waals surface area contributed by atoms with Gasteiger partial charge in [-0.05, 0) is 36.4 Å². The van der Waals surface area contributed by atoms with Crippen molar-refractivity contribution in [2.24, 2.45) is 0 Å². The van der Waals surface area contributed by atoms with Crippen LogP contribution in [0, 0.1) is 0 Å². The van der Waals surface area contributed by atoms with Crippen LogP contribution in [0.1, 0.15) is 0 Å². The van der Waals surface area contributed by atoms with E-state index in [1.54, 1.807) is 23.2 Å². The van der Waals surface area contributed by atoms with E-state index >= 15 is 0 Å². The SMILES string of the molecule is O=c1c(-c2cccnc2)cc2cccnc2n1-c1ccccc1. The second kappa shape index (κ2) is 5.50. The van der Waals surface area contributed by atoms with Crippen molar-refractivity contribution in [3.05, 3.63) is 89.6 Å². The minimum atomic E-state index is -0.101. The van der Waals surface area contributed by atoms with E-state index in [1.165, 1.54) is 0 Å². The molecule has 0 saturated carbocycles. The minimum Gasteiger partial charge on any atom is -0.268 e. The van der Waals surface area contributed by atoms with Crippen molar-refractivity contribution in [1.29, 1.82) is 0 Å². The molecule has 0 saturated heterocycles. The van der Waals surface area contributed by atoms with Gasteiger partial charge in [-0.1, -0.05) is 24.3 Å². The van der Waals surface area contributed by atoms with Crippen LogP contribution < -0.4 is 5.56 Å². The van der Waals surface area contributed by atoms with Crippen molar-refractivity contribution in [2.75, 3.05) is 0 Å². The van der Waals surface area contributed by atoms with E-state index in [9.17, 15) is 4.79 Å². The largest absolute Gasteiger partial charge is 0.268 e. The van der Waals surface area contributed by atoms with Gasteiger partial charge in [0.05, 0.1) is 5.69 Å². The van der Waals surface area contributed by atoms with Gasteiger partial charge >= 0.3 is 0 Å². The topological polar surface area (TPSA) is 47.8 Å². The Kier molecular flexibility index (Phi) is 3.20. The first-order valence-corrected chi connectivity index (χ1v) is 7.31. The van der Waals surface area contributed by atoms with Crippen LogP contribution >= 0.6 is 0 Å². The Morgan fingerprint density at radius 1 is 0.870 bits per heavy atom. The van der Waals surface area contributed by atoms with Crippen molar-refractivity contribution in [3.8, 4) is 16.8 Å². The number of para-hydroxylation sites is 1. The Morgan fingerprint density at radius 3 is 2.48 bits per heavy atom.